The van der Waals surface area contributed by atoms with Gasteiger partial charge in [0, 0.05) is 12.1 Å². The van der Waals surface area contributed by atoms with Gasteiger partial charge in [0.25, 0.3) is 0 Å². The van der Waals surface area contributed by atoms with E-state index in [1.165, 1.54) is 4.90 Å². The largest absolute Gasteiger partial charge is 0.368 e. The fourth-order valence-corrected chi connectivity index (χ4v) is 1.99. The minimum Gasteiger partial charge on any atom is -0.368 e. The average Bonchev–Trinajstić information content (AvgIpc) is 2.47. The number of nitriles is 2. The van der Waals surface area contributed by atoms with E-state index in [9.17, 15) is 5.11 Å². The molecule has 0 bridgehead atoms. The van der Waals surface area contributed by atoms with Crippen molar-refractivity contribution in [2.24, 2.45) is 4.99 Å². The Hall–Kier alpha value is -2.63. The van der Waals surface area contributed by atoms with Gasteiger partial charge in [0.2, 0.25) is 0 Å². The van der Waals surface area contributed by atoms with Gasteiger partial charge >= 0.3 is 0 Å². The molecule has 1 aromatic carbocycles. The Morgan fingerprint density at radius 2 is 1.95 bits per heavy atom. The lowest BCUT2D eigenvalue weighted by atomic mass is 10.1. The summed E-state index contributed by atoms with van der Waals surface area (Å²) in [4.78, 5) is 5.59. The first-order chi connectivity index (χ1) is 9.22. The van der Waals surface area contributed by atoms with Crippen molar-refractivity contribution >= 4 is 5.71 Å². The lowest BCUT2D eigenvalue weighted by Crippen LogP contribution is -2.43. The molecule has 0 aromatic heterocycles. The molecular weight excluding hydrogens is 240 g/mol. The number of allylic oxidation sites excluding steroid dienone is 2. The summed E-state index contributed by atoms with van der Waals surface area (Å²) in [6.07, 6.45) is -1.01. The van der Waals surface area contributed by atoms with E-state index in [2.05, 4.69) is 4.99 Å². The highest BCUT2D eigenvalue weighted by Gasteiger charge is 2.30. The number of benzene rings is 1. The molecule has 0 radical (unpaired) electrons. The Morgan fingerprint density at radius 3 is 2.47 bits per heavy atom. The third-order valence-corrected chi connectivity index (χ3v) is 2.91. The third-order valence-electron chi connectivity index (χ3n) is 2.91. The minimum absolute atomic E-state index is 0.0357. The molecule has 2 rings (SSSR count). The molecule has 5 nitrogen and oxygen atoms in total. The molecule has 0 saturated carbocycles. The number of aliphatic hydroxyl groups is 1. The number of aliphatic hydroxyl groups excluding tert-OH is 1. The molecule has 1 aromatic rings. The topological polar surface area (TPSA) is 83.4 Å². The van der Waals surface area contributed by atoms with Crippen molar-refractivity contribution < 1.29 is 5.11 Å². The highest BCUT2D eigenvalue weighted by Crippen LogP contribution is 2.23. The molecular formula is C14H12N4O. The fourth-order valence-electron chi connectivity index (χ4n) is 1.99. The Balaban J connectivity index is 2.58. The van der Waals surface area contributed by atoms with E-state index in [1.54, 1.807) is 0 Å². The van der Waals surface area contributed by atoms with Gasteiger partial charge in [-0.3, -0.25) is 0 Å². The van der Waals surface area contributed by atoms with Crippen molar-refractivity contribution in [3.63, 3.8) is 0 Å². The lowest BCUT2D eigenvalue weighted by molar-refractivity contribution is 0.0909. The van der Waals surface area contributed by atoms with Gasteiger partial charge in [-0.1, -0.05) is 30.3 Å². The molecule has 94 valence electrons. The summed E-state index contributed by atoms with van der Waals surface area (Å²) in [5, 5.41) is 28.5. The van der Waals surface area contributed by atoms with Gasteiger partial charge in [-0.25, -0.2) is 4.99 Å². The first-order valence-corrected chi connectivity index (χ1v) is 5.86. The second kappa shape index (κ2) is 5.34. The highest BCUT2D eigenvalue weighted by molar-refractivity contribution is 6.05. The number of rotatable bonds is 2. The maximum absolute atomic E-state index is 10.3. The van der Waals surface area contributed by atoms with Crippen LogP contribution in [0, 0.1) is 22.7 Å². The van der Waals surface area contributed by atoms with Crippen molar-refractivity contribution in [2.75, 3.05) is 6.54 Å². The monoisotopic (exact) mass is 252 g/mol. The maximum atomic E-state index is 10.3. The molecule has 1 atom stereocenters. The van der Waals surface area contributed by atoms with Crippen LogP contribution in [0.2, 0.25) is 0 Å². The molecule has 0 fully saturated rings. The third kappa shape index (κ3) is 2.20. The highest BCUT2D eigenvalue weighted by atomic mass is 16.3. The Morgan fingerprint density at radius 1 is 1.26 bits per heavy atom. The quantitative estimate of drug-likeness (QED) is 0.862. The predicted octanol–water partition coefficient (Wildman–Crippen LogP) is 1.39. The van der Waals surface area contributed by atoms with Crippen LogP contribution in [0.25, 0.3) is 0 Å². The van der Waals surface area contributed by atoms with Gasteiger partial charge < -0.3 is 10.0 Å². The zero-order chi connectivity index (χ0) is 13.8. The lowest BCUT2D eigenvalue weighted by Gasteiger charge is -2.32. The molecule has 0 aliphatic carbocycles. The van der Waals surface area contributed by atoms with Gasteiger partial charge in [-0.15, -0.1) is 0 Å². The predicted molar refractivity (Wildman–Crippen MR) is 69.6 cm³/mol. The van der Waals surface area contributed by atoms with Gasteiger partial charge in [-0.05, 0) is 6.92 Å². The van der Waals surface area contributed by atoms with Crippen molar-refractivity contribution in [1.29, 1.82) is 10.5 Å². The van der Waals surface area contributed by atoms with Gasteiger partial charge in [-0.2, -0.15) is 10.5 Å². The molecule has 19 heavy (non-hydrogen) atoms. The van der Waals surface area contributed by atoms with Crippen LogP contribution in [0.3, 0.4) is 0 Å². The van der Waals surface area contributed by atoms with E-state index in [4.69, 9.17) is 10.5 Å². The van der Waals surface area contributed by atoms with Crippen molar-refractivity contribution in [3.8, 4) is 12.1 Å². The van der Waals surface area contributed by atoms with Crippen LogP contribution in [-0.2, 0) is 0 Å². The van der Waals surface area contributed by atoms with Crippen LogP contribution in [0.15, 0.2) is 46.7 Å². The molecule has 1 aliphatic rings. The van der Waals surface area contributed by atoms with Crippen LogP contribution in [0.5, 0.6) is 0 Å². The Bertz CT molecular complexity index is 619. The standard InChI is InChI=1S/C14H12N4O/c1-2-18-12(9-16)11(8-15)17-13(14(18)19)10-6-4-3-5-7-10/h3-7,14,19H,2H2,1H3. The summed E-state index contributed by atoms with van der Waals surface area (Å²) in [7, 11) is 0. The second-order valence-electron chi connectivity index (χ2n) is 3.94. The summed E-state index contributed by atoms with van der Waals surface area (Å²) in [5.41, 5.74) is 1.27. The summed E-state index contributed by atoms with van der Waals surface area (Å²) >= 11 is 0. The SMILES string of the molecule is CCN1C(C#N)=C(C#N)N=C(c2ccccc2)C1O. The molecule has 0 saturated heterocycles. The summed E-state index contributed by atoms with van der Waals surface area (Å²) in [6.45, 7) is 2.23. The number of hydrogen-bond acceptors (Lipinski definition) is 5. The van der Waals surface area contributed by atoms with Gasteiger partial charge in [0.1, 0.15) is 12.1 Å². The summed E-state index contributed by atoms with van der Waals surface area (Å²) in [5.74, 6) is 0. The van der Waals surface area contributed by atoms with E-state index >= 15 is 0 Å². The summed E-state index contributed by atoms with van der Waals surface area (Å²) in [6, 6.07) is 13.0. The van der Waals surface area contributed by atoms with Gasteiger partial charge in [0.15, 0.2) is 17.6 Å². The Labute approximate surface area is 111 Å². The molecule has 1 heterocycles. The first kappa shape index (κ1) is 12.8. The number of likely N-dealkylation sites (N-methyl/N-ethyl adjacent to an activating group) is 1. The van der Waals surface area contributed by atoms with Crippen LogP contribution in [0.4, 0.5) is 0 Å². The number of aliphatic imine (C=N–C) groups is 1. The smallest absolute Gasteiger partial charge is 0.175 e. The van der Waals surface area contributed by atoms with Crippen molar-refractivity contribution in [2.45, 2.75) is 13.2 Å². The van der Waals surface area contributed by atoms with Crippen molar-refractivity contribution in [3.05, 3.63) is 47.3 Å². The van der Waals surface area contributed by atoms with E-state index in [0.29, 0.717) is 12.3 Å². The average molecular weight is 252 g/mol. The second-order valence-corrected chi connectivity index (χ2v) is 3.94. The first-order valence-electron chi connectivity index (χ1n) is 5.86. The van der Waals surface area contributed by atoms with E-state index in [0.717, 1.165) is 5.56 Å². The Kier molecular flexibility index (Phi) is 3.61. The van der Waals surface area contributed by atoms with E-state index < -0.39 is 6.23 Å². The molecule has 1 N–H and O–H groups in total. The van der Waals surface area contributed by atoms with E-state index in [-0.39, 0.29) is 11.4 Å². The van der Waals surface area contributed by atoms with E-state index in [1.807, 2.05) is 49.4 Å². The van der Waals surface area contributed by atoms with Crippen LogP contribution in [0.1, 0.15) is 12.5 Å². The normalized spacial score (nSPS) is 18.6. The van der Waals surface area contributed by atoms with Crippen LogP contribution < -0.4 is 0 Å². The van der Waals surface area contributed by atoms with Crippen molar-refractivity contribution in [1.82, 2.24) is 4.90 Å². The fraction of sp³-hybridized carbons (Fsp3) is 0.214. The molecule has 0 amide bonds. The molecule has 5 heteroatoms. The number of hydrogen-bond donors (Lipinski definition) is 1. The van der Waals surface area contributed by atoms with Crippen LogP contribution in [-0.4, -0.2) is 28.5 Å². The zero-order valence-corrected chi connectivity index (χ0v) is 10.4. The summed E-state index contributed by atoms with van der Waals surface area (Å²) < 4.78 is 0. The molecule has 1 unspecified atom stereocenters. The maximum Gasteiger partial charge on any atom is 0.175 e. The van der Waals surface area contributed by atoms with Crippen LogP contribution >= 0.6 is 0 Å². The molecule has 0 spiro atoms. The zero-order valence-electron chi connectivity index (χ0n) is 10.4. The number of nitrogens with zero attached hydrogens (tertiary/aromatic N) is 4. The minimum atomic E-state index is -1.01. The molecule has 1 aliphatic heterocycles. The van der Waals surface area contributed by atoms with Gasteiger partial charge in [0.05, 0.1) is 5.71 Å².